The number of hydrogen-bond donors (Lipinski definition) is 1. The van der Waals surface area contributed by atoms with Crippen LogP contribution >= 0.6 is 11.3 Å². The van der Waals surface area contributed by atoms with Gasteiger partial charge in [0.15, 0.2) is 0 Å². The van der Waals surface area contributed by atoms with E-state index < -0.39 is 10.0 Å². The molecule has 1 aliphatic rings. The number of ether oxygens (including phenoxy) is 1. The first-order chi connectivity index (χ1) is 14.4. The Bertz CT molecular complexity index is 1240. The Hall–Kier alpha value is -2.51. The van der Waals surface area contributed by atoms with Gasteiger partial charge in [-0.2, -0.15) is 9.57 Å². The molecule has 2 aromatic heterocycles. The van der Waals surface area contributed by atoms with Gasteiger partial charge in [0.25, 0.3) is 10.0 Å². The normalized spacial score (nSPS) is 15.2. The zero-order valence-electron chi connectivity index (χ0n) is 16.8. The minimum atomic E-state index is -3.50. The first-order valence-electron chi connectivity index (χ1n) is 9.60. The van der Waals surface area contributed by atoms with Gasteiger partial charge in [-0.15, -0.1) is 11.3 Å². The van der Waals surface area contributed by atoms with E-state index in [1.807, 2.05) is 26.0 Å². The summed E-state index contributed by atoms with van der Waals surface area (Å²) in [5.74, 6) is 0. The Morgan fingerprint density at radius 3 is 2.77 bits per heavy atom. The van der Waals surface area contributed by atoms with E-state index >= 15 is 0 Å². The van der Waals surface area contributed by atoms with E-state index in [1.165, 1.54) is 15.6 Å². The minimum Gasteiger partial charge on any atom is -0.379 e. The van der Waals surface area contributed by atoms with Crippen molar-refractivity contribution in [2.45, 2.75) is 24.6 Å². The highest BCUT2D eigenvalue weighted by Crippen LogP contribution is 2.31. The number of nitrogens with one attached hydrogen (secondary N) is 1. The third kappa shape index (κ3) is 3.91. The zero-order valence-corrected chi connectivity index (χ0v) is 18.4. The number of rotatable bonds is 5. The van der Waals surface area contributed by atoms with E-state index in [0.717, 1.165) is 32.6 Å². The van der Waals surface area contributed by atoms with E-state index in [0.29, 0.717) is 42.6 Å². The fraction of sp³-hybridized carbons (Fsp3) is 0.333. The van der Waals surface area contributed by atoms with Crippen LogP contribution in [-0.2, 0) is 21.3 Å². The Kier molecular flexibility index (Phi) is 5.75. The molecule has 1 saturated heterocycles. The summed E-state index contributed by atoms with van der Waals surface area (Å²) >= 11 is 1.25. The van der Waals surface area contributed by atoms with Crippen LogP contribution in [-0.4, -0.2) is 44.0 Å². The van der Waals surface area contributed by atoms with Gasteiger partial charge in [-0.25, -0.2) is 8.42 Å². The molecule has 0 unspecified atom stereocenters. The lowest BCUT2D eigenvalue weighted by Gasteiger charge is -2.25. The third-order valence-corrected chi connectivity index (χ3v) is 8.52. The lowest BCUT2D eigenvalue weighted by atomic mass is 10.0. The molecule has 4 rings (SSSR count). The van der Waals surface area contributed by atoms with Crippen LogP contribution in [0.15, 0.2) is 34.7 Å². The number of nitriles is 1. The van der Waals surface area contributed by atoms with Gasteiger partial charge < -0.3 is 10.1 Å². The summed E-state index contributed by atoms with van der Waals surface area (Å²) in [5, 5.41) is 13.8. The summed E-state index contributed by atoms with van der Waals surface area (Å²) in [6.07, 6.45) is 1.58. The van der Waals surface area contributed by atoms with Crippen molar-refractivity contribution in [2.24, 2.45) is 0 Å². The fourth-order valence-corrected chi connectivity index (χ4v) is 6.48. The number of hydrogen-bond acceptors (Lipinski definition) is 7. The molecule has 1 aliphatic heterocycles. The van der Waals surface area contributed by atoms with Gasteiger partial charge in [-0.3, -0.25) is 4.98 Å². The molecule has 1 N–H and O–H groups in total. The van der Waals surface area contributed by atoms with E-state index in [-0.39, 0.29) is 0 Å². The molecule has 0 bridgehead atoms. The second-order valence-corrected chi connectivity index (χ2v) is 10.6. The van der Waals surface area contributed by atoms with Crippen molar-refractivity contribution in [3.63, 3.8) is 0 Å². The molecule has 0 aliphatic carbocycles. The van der Waals surface area contributed by atoms with Gasteiger partial charge in [0, 0.05) is 36.1 Å². The topological polar surface area (TPSA) is 95.3 Å². The van der Waals surface area contributed by atoms with E-state index in [4.69, 9.17) is 4.74 Å². The van der Waals surface area contributed by atoms with Gasteiger partial charge in [-0.1, -0.05) is 11.6 Å². The van der Waals surface area contributed by atoms with Crippen LogP contribution in [0.2, 0.25) is 0 Å². The van der Waals surface area contributed by atoms with Crippen molar-refractivity contribution in [3.8, 4) is 6.07 Å². The number of aryl methyl sites for hydroxylation is 2. The summed E-state index contributed by atoms with van der Waals surface area (Å²) in [7, 11) is -3.50. The third-order valence-electron chi connectivity index (χ3n) is 5.07. The second kappa shape index (κ2) is 8.32. The van der Waals surface area contributed by atoms with E-state index in [9.17, 15) is 13.7 Å². The van der Waals surface area contributed by atoms with Crippen molar-refractivity contribution in [1.82, 2.24) is 9.29 Å². The van der Waals surface area contributed by atoms with Crippen LogP contribution < -0.4 is 5.32 Å². The van der Waals surface area contributed by atoms with Gasteiger partial charge in [0.2, 0.25) is 0 Å². The molecule has 0 amide bonds. The summed E-state index contributed by atoms with van der Waals surface area (Å²) in [5.41, 5.74) is 4.18. The van der Waals surface area contributed by atoms with Crippen LogP contribution in [0, 0.1) is 25.2 Å². The van der Waals surface area contributed by atoms with Crippen LogP contribution in [0.1, 0.15) is 21.6 Å². The van der Waals surface area contributed by atoms with Gasteiger partial charge in [-0.05, 0) is 37.6 Å². The average Bonchev–Trinajstić information content (AvgIpc) is 3.22. The zero-order chi connectivity index (χ0) is 21.3. The number of nitrogens with zero attached hydrogens (tertiary/aromatic N) is 3. The number of thiophene rings is 1. The maximum Gasteiger partial charge on any atom is 0.252 e. The number of aromatic nitrogens is 1. The Morgan fingerprint density at radius 2 is 2.03 bits per heavy atom. The number of anilines is 1. The average molecular weight is 443 g/mol. The Morgan fingerprint density at radius 1 is 1.27 bits per heavy atom. The van der Waals surface area contributed by atoms with Crippen LogP contribution in [0.25, 0.3) is 10.9 Å². The largest absolute Gasteiger partial charge is 0.379 e. The molecule has 0 radical (unpaired) electrons. The Balaban J connectivity index is 1.60. The highest BCUT2D eigenvalue weighted by atomic mass is 32.2. The van der Waals surface area contributed by atoms with Crippen molar-refractivity contribution in [3.05, 3.63) is 52.0 Å². The molecular formula is C21H22N4O3S2. The summed E-state index contributed by atoms with van der Waals surface area (Å²) in [4.78, 5) is 5.32. The number of morpholine rings is 1. The molecular weight excluding hydrogens is 420 g/mol. The maximum absolute atomic E-state index is 12.8. The van der Waals surface area contributed by atoms with Crippen molar-refractivity contribution in [2.75, 3.05) is 31.6 Å². The van der Waals surface area contributed by atoms with Crippen LogP contribution in [0.5, 0.6) is 0 Å². The number of sulfonamides is 1. The molecule has 3 heterocycles. The first-order valence-corrected chi connectivity index (χ1v) is 11.9. The van der Waals surface area contributed by atoms with Crippen molar-refractivity contribution >= 4 is 38.0 Å². The number of benzene rings is 1. The Labute approximate surface area is 180 Å². The maximum atomic E-state index is 12.8. The summed E-state index contributed by atoms with van der Waals surface area (Å²) in [6.45, 7) is 6.03. The lowest BCUT2D eigenvalue weighted by molar-refractivity contribution is 0.0731. The highest BCUT2D eigenvalue weighted by molar-refractivity contribution is 7.91. The van der Waals surface area contributed by atoms with Crippen LogP contribution in [0.4, 0.5) is 5.69 Å². The second-order valence-electron chi connectivity index (χ2n) is 7.23. The first kappa shape index (κ1) is 20.8. The smallest absolute Gasteiger partial charge is 0.252 e. The molecule has 1 fully saturated rings. The monoisotopic (exact) mass is 442 g/mol. The van der Waals surface area contributed by atoms with E-state index in [2.05, 4.69) is 22.4 Å². The molecule has 0 saturated carbocycles. The minimum absolute atomic E-state index is 0.327. The van der Waals surface area contributed by atoms with Gasteiger partial charge >= 0.3 is 0 Å². The van der Waals surface area contributed by atoms with Gasteiger partial charge in [0.05, 0.1) is 30.0 Å². The molecule has 3 aromatic rings. The van der Waals surface area contributed by atoms with E-state index in [1.54, 1.807) is 12.3 Å². The number of pyridine rings is 1. The summed E-state index contributed by atoms with van der Waals surface area (Å²) < 4.78 is 32.7. The summed E-state index contributed by atoms with van der Waals surface area (Å²) in [6, 6.07) is 9.74. The number of fused-ring (bicyclic) bond motifs is 1. The molecule has 0 spiro atoms. The molecule has 7 nitrogen and oxygen atoms in total. The molecule has 9 heteroatoms. The van der Waals surface area contributed by atoms with Gasteiger partial charge in [0.1, 0.15) is 10.3 Å². The predicted molar refractivity (Wildman–Crippen MR) is 117 cm³/mol. The quantitative estimate of drug-likeness (QED) is 0.651. The van der Waals surface area contributed by atoms with Crippen molar-refractivity contribution < 1.29 is 13.2 Å². The molecule has 30 heavy (non-hydrogen) atoms. The lowest BCUT2D eigenvalue weighted by Crippen LogP contribution is -2.40. The molecule has 156 valence electrons. The predicted octanol–water partition coefficient (Wildman–Crippen LogP) is 3.42. The molecule has 1 aromatic carbocycles. The highest BCUT2D eigenvalue weighted by Gasteiger charge is 2.27. The fourth-order valence-electron chi connectivity index (χ4n) is 3.62. The standard InChI is InChI=1S/C21H22N4O3S2/c1-14-9-15(2)20-18(10-14)21(16(11-22)12-23-20)24-13-17-3-4-19(29-17)30(26,27)25-5-7-28-8-6-25/h3-4,9-10,12H,5-8,13H2,1-2H3,(H,23,24). The van der Waals surface area contributed by atoms with Crippen molar-refractivity contribution in [1.29, 1.82) is 5.26 Å². The van der Waals surface area contributed by atoms with Crippen LogP contribution in [0.3, 0.4) is 0 Å². The molecule has 0 atom stereocenters. The SMILES string of the molecule is Cc1cc(C)c2ncc(C#N)c(NCc3ccc(S(=O)(=O)N4CCOCC4)s3)c2c1.